The number of aryl methyl sites for hydroxylation is 1. The van der Waals surface area contributed by atoms with Gasteiger partial charge in [-0.05, 0) is 89.1 Å². The van der Waals surface area contributed by atoms with Crippen molar-refractivity contribution in [2.24, 2.45) is 0 Å². The van der Waals surface area contributed by atoms with Gasteiger partial charge in [0.2, 0.25) is 0 Å². The predicted molar refractivity (Wildman–Crippen MR) is 172 cm³/mol. The number of nitrogens with one attached hydrogen (secondary N) is 1. The number of amides is 1. The SMILES string of the molecule is CCC(CCCN1CCC(NC(=O)c2ccccc2-c2cccc(C)c2)CC1)(CC(=O)OC(C)(C)C)c1ccccc1. The zero-order valence-corrected chi connectivity index (χ0v) is 26.1. The highest BCUT2D eigenvalue weighted by Crippen LogP contribution is 2.37. The van der Waals surface area contributed by atoms with E-state index in [0.717, 1.165) is 68.4 Å². The van der Waals surface area contributed by atoms with Crippen molar-refractivity contribution in [3.63, 3.8) is 0 Å². The zero-order chi connectivity index (χ0) is 30.2. The molecular formula is C37H48N2O3. The number of hydrogen-bond donors (Lipinski definition) is 1. The Hall–Kier alpha value is -3.44. The third kappa shape index (κ3) is 8.54. The van der Waals surface area contributed by atoms with E-state index in [4.69, 9.17) is 4.74 Å². The molecule has 0 radical (unpaired) electrons. The molecule has 3 aromatic rings. The van der Waals surface area contributed by atoms with Crippen molar-refractivity contribution in [2.45, 2.75) is 90.2 Å². The molecule has 1 fully saturated rings. The van der Waals surface area contributed by atoms with Gasteiger partial charge in [0, 0.05) is 30.1 Å². The highest BCUT2D eigenvalue weighted by Gasteiger charge is 2.35. The average Bonchev–Trinajstić information content (AvgIpc) is 2.97. The molecule has 224 valence electrons. The lowest BCUT2D eigenvalue weighted by atomic mass is 9.72. The van der Waals surface area contributed by atoms with E-state index < -0.39 is 5.60 Å². The van der Waals surface area contributed by atoms with Crippen molar-refractivity contribution in [1.82, 2.24) is 10.2 Å². The first-order chi connectivity index (χ1) is 20.1. The van der Waals surface area contributed by atoms with E-state index in [1.165, 1.54) is 11.1 Å². The van der Waals surface area contributed by atoms with Crippen molar-refractivity contribution < 1.29 is 14.3 Å². The van der Waals surface area contributed by atoms with Crippen LogP contribution in [-0.4, -0.2) is 48.1 Å². The van der Waals surface area contributed by atoms with Gasteiger partial charge >= 0.3 is 5.97 Å². The Morgan fingerprint density at radius 2 is 1.62 bits per heavy atom. The average molecular weight is 569 g/mol. The van der Waals surface area contributed by atoms with Crippen LogP contribution in [0.3, 0.4) is 0 Å². The summed E-state index contributed by atoms with van der Waals surface area (Å²) >= 11 is 0. The smallest absolute Gasteiger partial charge is 0.307 e. The maximum atomic E-state index is 13.3. The first-order valence-corrected chi connectivity index (χ1v) is 15.6. The van der Waals surface area contributed by atoms with Gasteiger partial charge in [-0.3, -0.25) is 9.59 Å². The molecule has 0 aliphatic carbocycles. The van der Waals surface area contributed by atoms with E-state index in [9.17, 15) is 9.59 Å². The molecule has 1 unspecified atom stereocenters. The summed E-state index contributed by atoms with van der Waals surface area (Å²) in [4.78, 5) is 28.8. The van der Waals surface area contributed by atoms with Gasteiger partial charge < -0.3 is 15.0 Å². The summed E-state index contributed by atoms with van der Waals surface area (Å²) in [7, 11) is 0. The fraction of sp³-hybridized carbons (Fsp3) is 0.459. The summed E-state index contributed by atoms with van der Waals surface area (Å²) in [5, 5.41) is 3.31. The van der Waals surface area contributed by atoms with Gasteiger partial charge in [0.1, 0.15) is 5.60 Å². The van der Waals surface area contributed by atoms with Crippen LogP contribution in [0.4, 0.5) is 0 Å². The molecule has 3 aromatic carbocycles. The molecule has 1 amide bonds. The molecule has 42 heavy (non-hydrogen) atoms. The van der Waals surface area contributed by atoms with Crippen LogP contribution in [0.25, 0.3) is 11.1 Å². The largest absolute Gasteiger partial charge is 0.460 e. The van der Waals surface area contributed by atoms with Crippen LogP contribution in [-0.2, 0) is 14.9 Å². The van der Waals surface area contributed by atoms with Crippen LogP contribution in [0.15, 0.2) is 78.9 Å². The Balaban J connectivity index is 1.32. The predicted octanol–water partition coefficient (Wildman–Crippen LogP) is 7.72. The first-order valence-electron chi connectivity index (χ1n) is 15.6. The van der Waals surface area contributed by atoms with Gasteiger partial charge in [0.05, 0.1) is 6.42 Å². The van der Waals surface area contributed by atoms with Gasteiger partial charge in [-0.25, -0.2) is 0 Å². The van der Waals surface area contributed by atoms with Crippen LogP contribution in [0, 0.1) is 6.92 Å². The summed E-state index contributed by atoms with van der Waals surface area (Å²) in [6.45, 7) is 12.9. The van der Waals surface area contributed by atoms with Gasteiger partial charge in [0.25, 0.3) is 5.91 Å². The number of carbonyl (C=O) groups is 2. The van der Waals surface area contributed by atoms with Crippen molar-refractivity contribution in [3.8, 4) is 11.1 Å². The summed E-state index contributed by atoms with van der Waals surface area (Å²) in [5.74, 6) is -0.128. The van der Waals surface area contributed by atoms with E-state index >= 15 is 0 Å². The maximum Gasteiger partial charge on any atom is 0.307 e. The topological polar surface area (TPSA) is 58.6 Å². The fourth-order valence-electron chi connectivity index (χ4n) is 6.24. The summed E-state index contributed by atoms with van der Waals surface area (Å²) in [5.41, 5.74) is 4.44. The Bertz CT molecular complexity index is 1320. The molecule has 0 spiro atoms. The number of ether oxygens (including phenoxy) is 1. The van der Waals surface area contributed by atoms with Crippen LogP contribution < -0.4 is 5.32 Å². The summed E-state index contributed by atoms with van der Waals surface area (Å²) in [6.07, 6.45) is 5.09. The Labute approximate surface area is 252 Å². The fourth-order valence-corrected chi connectivity index (χ4v) is 6.24. The molecule has 1 heterocycles. The van der Waals surface area contributed by atoms with Crippen molar-refractivity contribution in [2.75, 3.05) is 19.6 Å². The minimum atomic E-state index is -0.490. The quantitative estimate of drug-likeness (QED) is 0.241. The second-order valence-corrected chi connectivity index (χ2v) is 12.9. The van der Waals surface area contributed by atoms with Crippen LogP contribution in [0.2, 0.25) is 0 Å². The molecule has 5 heteroatoms. The van der Waals surface area contributed by atoms with E-state index in [1.807, 2.05) is 57.2 Å². The highest BCUT2D eigenvalue weighted by molar-refractivity contribution is 6.01. The molecule has 1 aliphatic heterocycles. The number of esters is 1. The van der Waals surface area contributed by atoms with Crippen molar-refractivity contribution in [1.29, 1.82) is 0 Å². The van der Waals surface area contributed by atoms with E-state index in [-0.39, 0.29) is 23.3 Å². The number of hydrogen-bond acceptors (Lipinski definition) is 4. The second-order valence-electron chi connectivity index (χ2n) is 12.9. The van der Waals surface area contributed by atoms with Gasteiger partial charge in [-0.2, -0.15) is 0 Å². The number of benzene rings is 3. The third-order valence-electron chi connectivity index (χ3n) is 8.52. The van der Waals surface area contributed by atoms with Crippen LogP contribution in [0.1, 0.15) is 87.7 Å². The number of nitrogens with zero attached hydrogens (tertiary/aromatic N) is 1. The number of rotatable bonds is 11. The van der Waals surface area contributed by atoms with Gasteiger partial charge in [0.15, 0.2) is 0 Å². The number of piperidine rings is 1. The highest BCUT2D eigenvalue weighted by atomic mass is 16.6. The van der Waals surface area contributed by atoms with Crippen LogP contribution >= 0.6 is 0 Å². The third-order valence-corrected chi connectivity index (χ3v) is 8.52. The molecular weight excluding hydrogens is 520 g/mol. The Morgan fingerprint density at radius 1 is 0.929 bits per heavy atom. The molecule has 0 saturated carbocycles. The van der Waals surface area contributed by atoms with E-state index in [0.29, 0.717) is 6.42 Å². The molecule has 5 nitrogen and oxygen atoms in total. The lowest BCUT2D eigenvalue weighted by Gasteiger charge is -2.36. The first kappa shape index (κ1) is 31.5. The van der Waals surface area contributed by atoms with Crippen LogP contribution in [0.5, 0.6) is 0 Å². The lowest BCUT2D eigenvalue weighted by molar-refractivity contribution is -0.156. The Kier molecular flexibility index (Phi) is 10.6. The maximum absolute atomic E-state index is 13.3. The molecule has 0 bridgehead atoms. The standard InChI is InChI=1S/C37H48N2O3/c1-6-37(30-16-8-7-9-17-30,27-34(40)42-36(3,4)5)22-13-23-39-24-20-31(21-25-39)38-35(41)33-19-11-10-18-32(33)29-15-12-14-28(2)26-29/h7-12,14-19,26,31H,6,13,20-25,27H2,1-5H3,(H,38,41). The van der Waals surface area contributed by atoms with Crippen molar-refractivity contribution >= 4 is 11.9 Å². The Morgan fingerprint density at radius 3 is 2.29 bits per heavy atom. The van der Waals surface area contributed by atoms with E-state index in [1.54, 1.807) is 0 Å². The lowest BCUT2D eigenvalue weighted by Crippen LogP contribution is -2.45. The molecule has 4 rings (SSSR count). The molecule has 0 aromatic heterocycles. The monoisotopic (exact) mass is 568 g/mol. The number of carbonyl (C=O) groups excluding carboxylic acids is 2. The number of likely N-dealkylation sites (tertiary alicyclic amines) is 1. The van der Waals surface area contributed by atoms with E-state index in [2.05, 4.69) is 66.5 Å². The van der Waals surface area contributed by atoms with Gasteiger partial charge in [-0.1, -0.05) is 85.3 Å². The molecule has 1 atom stereocenters. The molecule has 1 saturated heterocycles. The van der Waals surface area contributed by atoms with Gasteiger partial charge in [-0.15, -0.1) is 0 Å². The summed E-state index contributed by atoms with van der Waals surface area (Å²) in [6, 6.07) is 26.8. The molecule has 1 N–H and O–H groups in total. The zero-order valence-electron chi connectivity index (χ0n) is 26.1. The minimum Gasteiger partial charge on any atom is -0.460 e. The van der Waals surface area contributed by atoms with Crippen molar-refractivity contribution in [3.05, 3.63) is 95.6 Å². The minimum absolute atomic E-state index is 0.00305. The normalized spacial score (nSPS) is 16.0. The summed E-state index contributed by atoms with van der Waals surface area (Å²) < 4.78 is 5.74. The molecule has 1 aliphatic rings. The second kappa shape index (κ2) is 14.2.